The van der Waals surface area contributed by atoms with E-state index in [0.717, 1.165) is 37.4 Å². The van der Waals surface area contributed by atoms with Crippen molar-refractivity contribution >= 4 is 22.6 Å². The first-order valence-corrected chi connectivity index (χ1v) is 7.81. The molecule has 1 saturated heterocycles. The van der Waals surface area contributed by atoms with Gasteiger partial charge in [0.25, 0.3) is 0 Å². The zero-order chi connectivity index (χ0) is 14.1. The summed E-state index contributed by atoms with van der Waals surface area (Å²) in [6.45, 7) is 6.02. The van der Waals surface area contributed by atoms with E-state index in [-0.39, 0.29) is 5.38 Å². The van der Waals surface area contributed by atoms with Crippen LogP contribution in [-0.4, -0.2) is 22.8 Å². The predicted molar refractivity (Wildman–Crippen MR) is 82.3 cm³/mol. The highest BCUT2D eigenvalue weighted by Crippen LogP contribution is 2.34. The van der Waals surface area contributed by atoms with Crippen molar-refractivity contribution in [2.45, 2.75) is 38.1 Å². The molecule has 0 aliphatic carbocycles. The molecule has 0 N–H and O–H groups in total. The molecular formula is C16H21ClN2O. The van der Waals surface area contributed by atoms with Crippen LogP contribution in [0.5, 0.6) is 0 Å². The molecule has 108 valence electrons. The van der Waals surface area contributed by atoms with E-state index < -0.39 is 0 Å². The van der Waals surface area contributed by atoms with Crippen LogP contribution in [0.25, 0.3) is 11.0 Å². The van der Waals surface area contributed by atoms with Crippen molar-refractivity contribution in [3.05, 3.63) is 30.1 Å². The minimum atomic E-state index is -0.0790. The first-order valence-electron chi connectivity index (χ1n) is 7.37. The lowest BCUT2D eigenvalue weighted by Crippen LogP contribution is -2.25. The summed E-state index contributed by atoms with van der Waals surface area (Å²) in [5.41, 5.74) is 2.22. The van der Waals surface area contributed by atoms with E-state index in [1.54, 1.807) is 0 Å². The normalized spacial score (nSPS) is 20.1. The summed E-state index contributed by atoms with van der Waals surface area (Å²) >= 11 is 6.35. The number of para-hydroxylation sites is 2. The van der Waals surface area contributed by atoms with Gasteiger partial charge in [0.05, 0.1) is 16.4 Å². The van der Waals surface area contributed by atoms with Crippen LogP contribution in [0.1, 0.15) is 43.9 Å². The average molecular weight is 293 g/mol. The molecule has 3 rings (SSSR count). The van der Waals surface area contributed by atoms with Crippen molar-refractivity contribution in [3.8, 4) is 0 Å². The predicted octanol–water partition coefficient (Wildman–Crippen LogP) is 4.32. The van der Waals surface area contributed by atoms with Crippen LogP contribution in [0.3, 0.4) is 0 Å². The number of aromatic nitrogens is 2. The molecule has 4 heteroatoms. The Kier molecular flexibility index (Phi) is 3.99. The molecule has 2 unspecified atom stereocenters. The lowest BCUT2D eigenvalue weighted by Gasteiger charge is -2.30. The average Bonchev–Trinajstić information content (AvgIpc) is 2.87. The van der Waals surface area contributed by atoms with Crippen LogP contribution < -0.4 is 0 Å². The number of rotatable bonds is 3. The van der Waals surface area contributed by atoms with E-state index in [1.165, 1.54) is 5.52 Å². The smallest absolute Gasteiger partial charge is 0.127 e. The van der Waals surface area contributed by atoms with Gasteiger partial charge in [-0.2, -0.15) is 0 Å². The van der Waals surface area contributed by atoms with E-state index >= 15 is 0 Å². The quantitative estimate of drug-likeness (QED) is 0.788. The van der Waals surface area contributed by atoms with E-state index in [2.05, 4.69) is 29.7 Å². The summed E-state index contributed by atoms with van der Waals surface area (Å²) in [6.07, 6.45) is 2.23. The molecule has 2 atom stereocenters. The second-order valence-corrected chi connectivity index (χ2v) is 6.29. The molecule has 1 fully saturated rings. The molecule has 2 aromatic rings. The maximum absolute atomic E-state index is 6.35. The van der Waals surface area contributed by atoms with Gasteiger partial charge in [0.2, 0.25) is 0 Å². The molecule has 1 aliphatic heterocycles. The Morgan fingerprint density at radius 2 is 1.95 bits per heavy atom. The zero-order valence-corrected chi connectivity index (χ0v) is 12.8. The number of benzene rings is 1. The Morgan fingerprint density at radius 1 is 1.25 bits per heavy atom. The molecule has 1 aliphatic rings. The van der Waals surface area contributed by atoms with E-state index in [1.807, 2.05) is 13.0 Å². The number of hydrogen-bond acceptors (Lipinski definition) is 2. The number of hydrogen-bond donors (Lipinski definition) is 0. The van der Waals surface area contributed by atoms with Crippen molar-refractivity contribution in [3.63, 3.8) is 0 Å². The third kappa shape index (κ3) is 2.45. The van der Waals surface area contributed by atoms with Crippen molar-refractivity contribution in [2.24, 2.45) is 5.92 Å². The van der Waals surface area contributed by atoms with Crippen LogP contribution in [0.15, 0.2) is 24.3 Å². The van der Waals surface area contributed by atoms with Gasteiger partial charge in [-0.15, -0.1) is 11.6 Å². The number of nitrogens with zero attached hydrogens (tertiary/aromatic N) is 2. The highest BCUT2D eigenvalue weighted by Gasteiger charge is 2.26. The van der Waals surface area contributed by atoms with E-state index in [9.17, 15) is 0 Å². The molecule has 0 saturated carbocycles. The van der Waals surface area contributed by atoms with E-state index in [4.69, 9.17) is 21.3 Å². The fourth-order valence-electron chi connectivity index (χ4n) is 3.18. The summed E-state index contributed by atoms with van der Waals surface area (Å²) in [7, 11) is 0. The summed E-state index contributed by atoms with van der Waals surface area (Å²) in [5, 5.41) is -0.0790. The third-order valence-corrected chi connectivity index (χ3v) is 4.53. The van der Waals surface area contributed by atoms with Gasteiger partial charge in [0.15, 0.2) is 0 Å². The maximum Gasteiger partial charge on any atom is 0.127 e. The highest BCUT2D eigenvalue weighted by molar-refractivity contribution is 6.20. The number of fused-ring (bicyclic) bond motifs is 1. The van der Waals surface area contributed by atoms with Gasteiger partial charge < -0.3 is 9.30 Å². The number of alkyl halides is 1. The standard InChI is InChI=1S/C16H21ClN2O/c1-11(17)16-18-14-5-3-4-6-15(14)19(16)12(2)13-7-9-20-10-8-13/h3-6,11-13H,7-10H2,1-2H3. The van der Waals surface area contributed by atoms with Gasteiger partial charge in [-0.3, -0.25) is 0 Å². The van der Waals surface area contributed by atoms with Crippen LogP contribution in [0, 0.1) is 5.92 Å². The maximum atomic E-state index is 6.35. The van der Waals surface area contributed by atoms with Crippen LogP contribution in [0.4, 0.5) is 0 Å². The SMILES string of the molecule is CC(Cl)c1nc2ccccc2n1C(C)C1CCOCC1. The Balaban J connectivity index is 2.05. The Hall–Kier alpha value is -1.06. The van der Waals surface area contributed by atoms with Gasteiger partial charge in [-0.05, 0) is 44.7 Å². The zero-order valence-electron chi connectivity index (χ0n) is 12.1. The van der Waals surface area contributed by atoms with Gasteiger partial charge >= 0.3 is 0 Å². The van der Waals surface area contributed by atoms with Crippen molar-refractivity contribution in [1.29, 1.82) is 0 Å². The fraction of sp³-hybridized carbons (Fsp3) is 0.562. The summed E-state index contributed by atoms with van der Waals surface area (Å²) in [6, 6.07) is 8.70. The molecule has 1 aromatic carbocycles. The molecule has 0 amide bonds. The van der Waals surface area contributed by atoms with Crippen molar-refractivity contribution in [1.82, 2.24) is 9.55 Å². The van der Waals surface area contributed by atoms with Crippen molar-refractivity contribution in [2.75, 3.05) is 13.2 Å². The van der Waals surface area contributed by atoms with Crippen LogP contribution in [0.2, 0.25) is 0 Å². The lowest BCUT2D eigenvalue weighted by molar-refractivity contribution is 0.0515. The minimum absolute atomic E-state index is 0.0790. The van der Waals surface area contributed by atoms with Gasteiger partial charge in [0, 0.05) is 19.3 Å². The van der Waals surface area contributed by atoms with Crippen LogP contribution >= 0.6 is 11.6 Å². The molecule has 2 heterocycles. The molecule has 1 aromatic heterocycles. The van der Waals surface area contributed by atoms with Gasteiger partial charge in [-0.25, -0.2) is 4.98 Å². The molecule has 0 bridgehead atoms. The highest BCUT2D eigenvalue weighted by atomic mass is 35.5. The summed E-state index contributed by atoms with van der Waals surface area (Å²) < 4.78 is 7.82. The molecule has 3 nitrogen and oxygen atoms in total. The Morgan fingerprint density at radius 3 is 2.65 bits per heavy atom. The summed E-state index contributed by atoms with van der Waals surface area (Å²) in [4.78, 5) is 4.73. The topological polar surface area (TPSA) is 27.1 Å². The molecular weight excluding hydrogens is 272 g/mol. The fourth-order valence-corrected chi connectivity index (χ4v) is 3.33. The lowest BCUT2D eigenvalue weighted by atomic mass is 9.92. The first kappa shape index (κ1) is 13.9. The van der Waals surface area contributed by atoms with Gasteiger partial charge in [-0.1, -0.05) is 12.1 Å². The number of imidazole rings is 1. The first-order chi connectivity index (χ1) is 9.68. The number of ether oxygens (including phenoxy) is 1. The molecule has 0 spiro atoms. The number of halogens is 1. The second kappa shape index (κ2) is 5.74. The Bertz CT molecular complexity index is 587. The monoisotopic (exact) mass is 292 g/mol. The summed E-state index contributed by atoms with van der Waals surface area (Å²) in [5.74, 6) is 1.61. The Labute approximate surface area is 124 Å². The van der Waals surface area contributed by atoms with Gasteiger partial charge in [0.1, 0.15) is 5.82 Å². The largest absolute Gasteiger partial charge is 0.381 e. The second-order valence-electron chi connectivity index (χ2n) is 5.64. The molecule has 20 heavy (non-hydrogen) atoms. The van der Waals surface area contributed by atoms with E-state index in [0.29, 0.717) is 12.0 Å². The van der Waals surface area contributed by atoms with Crippen LogP contribution in [-0.2, 0) is 4.74 Å². The van der Waals surface area contributed by atoms with Crippen molar-refractivity contribution < 1.29 is 4.74 Å². The molecule has 0 radical (unpaired) electrons. The third-order valence-electron chi connectivity index (χ3n) is 4.33. The minimum Gasteiger partial charge on any atom is -0.381 e.